The van der Waals surface area contributed by atoms with E-state index in [9.17, 15) is 9.59 Å². The van der Waals surface area contributed by atoms with Gasteiger partial charge in [-0.2, -0.15) is 5.10 Å². The van der Waals surface area contributed by atoms with Crippen LogP contribution in [0.5, 0.6) is 0 Å². The Morgan fingerprint density at radius 1 is 0.970 bits per heavy atom. The maximum Gasteiger partial charge on any atom is 0.256 e. The number of benzene rings is 2. The SMILES string of the molecule is Cc1ccc(Cn2ncc3c(C(=O)Nc4ccccc4C(=O)NC(C)C)cc(C)nc32)cc1. The third-order valence-electron chi connectivity index (χ3n) is 5.27. The highest BCUT2D eigenvalue weighted by atomic mass is 16.2. The van der Waals surface area contributed by atoms with Crippen LogP contribution in [0, 0.1) is 13.8 Å². The number of aromatic nitrogens is 3. The Hall–Kier alpha value is -4.00. The summed E-state index contributed by atoms with van der Waals surface area (Å²) in [5, 5.41) is 10.9. The van der Waals surface area contributed by atoms with Gasteiger partial charge >= 0.3 is 0 Å². The number of hydrogen-bond acceptors (Lipinski definition) is 4. The van der Waals surface area contributed by atoms with Crippen LogP contribution in [0.3, 0.4) is 0 Å². The van der Waals surface area contributed by atoms with Gasteiger partial charge in [0.25, 0.3) is 11.8 Å². The summed E-state index contributed by atoms with van der Waals surface area (Å²) in [7, 11) is 0. The van der Waals surface area contributed by atoms with E-state index in [1.54, 1.807) is 41.2 Å². The minimum Gasteiger partial charge on any atom is -0.350 e. The molecular weight excluding hydrogens is 414 g/mol. The van der Waals surface area contributed by atoms with E-state index in [4.69, 9.17) is 0 Å². The number of pyridine rings is 1. The number of hydrogen-bond donors (Lipinski definition) is 2. The van der Waals surface area contributed by atoms with Gasteiger partial charge in [0.2, 0.25) is 0 Å². The number of carbonyl (C=O) groups excluding carboxylic acids is 2. The van der Waals surface area contributed by atoms with E-state index in [0.29, 0.717) is 40.1 Å². The van der Waals surface area contributed by atoms with Crippen LogP contribution in [-0.2, 0) is 6.54 Å². The van der Waals surface area contributed by atoms with Crippen molar-refractivity contribution in [2.75, 3.05) is 5.32 Å². The van der Waals surface area contributed by atoms with Gasteiger partial charge in [-0.1, -0.05) is 42.0 Å². The van der Waals surface area contributed by atoms with Crippen LogP contribution < -0.4 is 10.6 Å². The van der Waals surface area contributed by atoms with Crippen LogP contribution in [-0.4, -0.2) is 32.6 Å². The lowest BCUT2D eigenvalue weighted by Gasteiger charge is -2.13. The molecule has 2 heterocycles. The fourth-order valence-corrected chi connectivity index (χ4v) is 3.66. The van der Waals surface area contributed by atoms with Gasteiger partial charge in [0.05, 0.1) is 34.9 Å². The first-order valence-corrected chi connectivity index (χ1v) is 10.9. The van der Waals surface area contributed by atoms with Crippen LogP contribution in [0.25, 0.3) is 11.0 Å². The van der Waals surface area contributed by atoms with Crippen LogP contribution in [0.1, 0.15) is 51.4 Å². The zero-order valence-electron chi connectivity index (χ0n) is 19.2. The van der Waals surface area contributed by atoms with Crippen LogP contribution in [0.4, 0.5) is 5.69 Å². The quantitative estimate of drug-likeness (QED) is 0.461. The van der Waals surface area contributed by atoms with E-state index in [-0.39, 0.29) is 17.9 Å². The first kappa shape index (κ1) is 22.2. The minimum absolute atomic E-state index is 0.0110. The van der Waals surface area contributed by atoms with Crippen molar-refractivity contribution in [3.63, 3.8) is 0 Å². The maximum absolute atomic E-state index is 13.3. The number of rotatable bonds is 6. The number of aryl methyl sites for hydroxylation is 2. The molecule has 0 aliphatic heterocycles. The molecule has 2 amide bonds. The predicted molar refractivity (Wildman–Crippen MR) is 130 cm³/mol. The third-order valence-corrected chi connectivity index (χ3v) is 5.27. The first-order chi connectivity index (χ1) is 15.8. The monoisotopic (exact) mass is 441 g/mol. The lowest BCUT2D eigenvalue weighted by molar-refractivity contribution is 0.0944. The molecular formula is C26H27N5O2. The molecule has 7 nitrogen and oxygen atoms in total. The van der Waals surface area contributed by atoms with E-state index in [0.717, 1.165) is 5.56 Å². The Kier molecular flexibility index (Phi) is 6.22. The number of para-hydroxylation sites is 1. The van der Waals surface area contributed by atoms with Crippen molar-refractivity contribution in [2.45, 2.75) is 40.3 Å². The molecule has 7 heteroatoms. The number of anilines is 1. The van der Waals surface area contributed by atoms with Crippen molar-refractivity contribution in [3.05, 3.63) is 88.7 Å². The molecule has 0 atom stereocenters. The topological polar surface area (TPSA) is 88.9 Å². The molecule has 168 valence electrons. The summed E-state index contributed by atoms with van der Waals surface area (Å²) >= 11 is 0. The summed E-state index contributed by atoms with van der Waals surface area (Å²) in [6, 6.07) is 17.0. The Labute approximate surface area is 192 Å². The van der Waals surface area contributed by atoms with Crippen molar-refractivity contribution >= 4 is 28.5 Å². The summed E-state index contributed by atoms with van der Waals surface area (Å²) in [5.41, 5.74) is 4.98. The summed E-state index contributed by atoms with van der Waals surface area (Å²) in [5.74, 6) is -0.548. The predicted octanol–water partition coefficient (Wildman–Crippen LogP) is 4.49. The van der Waals surface area contributed by atoms with Gasteiger partial charge < -0.3 is 10.6 Å². The molecule has 0 unspecified atom stereocenters. The molecule has 2 N–H and O–H groups in total. The van der Waals surface area contributed by atoms with Gasteiger partial charge in [-0.05, 0) is 51.5 Å². The second-order valence-corrected chi connectivity index (χ2v) is 8.46. The van der Waals surface area contributed by atoms with E-state index < -0.39 is 0 Å². The van der Waals surface area contributed by atoms with E-state index in [1.807, 2.05) is 27.7 Å². The average molecular weight is 442 g/mol. The van der Waals surface area contributed by atoms with E-state index in [2.05, 4.69) is 45.0 Å². The molecule has 0 radical (unpaired) electrons. The highest BCUT2D eigenvalue weighted by molar-refractivity contribution is 6.14. The van der Waals surface area contributed by atoms with Crippen molar-refractivity contribution in [2.24, 2.45) is 0 Å². The Morgan fingerprint density at radius 3 is 2.42 bits per heavy atom. The minimum atomic E-state index is -0.315. The van der Waals surface area contributed by atoms with Crippen molar-refractivity contribution in [3.8, 4) is 0 Å². The fourth-order valence-electron chi connectivity index (χ4n) is 3.66. The van der Waals surface area contributed by atoms with Gasteiger partial charge in [-0.25, -0.2) is 9.67 Å². The Bertz CT molecular complexity index is 1320. The van der Waals surface area contributed by atoms with Crippen LogP contribution >= 0.6 is 0 Å². The van der Waals surface area contributed by atoms with Crippen molar-refractivity contribution < 1.29 is 9.59 Å². The van der Waals surface area contributed by atoms with Gasteiger partial charge in [0.15, 0.2) is 5.65 Å². The van der Waals surface area contributed by atoms with Gasteiger partial charge in [0, 0.05) is 11.7 Å². The molecule has 0 aliphatic carbocycles. The summed E-state index contributed by atoms with van der Waals surface area (Å²) in [6.45, 7) is 8.24. The molecule has 4 rings (SSSR count). The zero-order valence-corrected chi connectivity index (χ0v) is 19.2. The Balaban J connectivity index is 1.65. The van der Waals surface area contributed by atoms with Gasteiger partial charge in [0.1, 0.15) is 0 Å². The molecule has 0 saturated carbocycles. The molecule has 0 bridgehead atoms. The molecule has 2 aromatic heterocycles. The summed E-state index contributed by atoms with van der Waals surface area (Å²) in [4.78, 5) is 30.5. The normalized spacial score (nSPS) is 11.1. The first-order valence-electron chi connectivity index (χ1n) is 10.9. The van der Waals surface area contributed by atoms with Crippen molar-refractivity contribution in [1.82, 2.24) is 20.1 Å². The molecule has 2 aromatic carbocycles. The second kappa shape index (κ2) is 9.24. The molecule has 4 aromatic rings. The molecule has 33 heavy (non-hydrogen) atoms. The molecule has 0 spiro atoms. The van der Waals surface area contributed by atoms with Gasteiger partial charge in [-0.3, -0.25) is 9.59 Å². The van der Waals surface area contributed by atoms with Crippen LogP contribution in [0.15, 0.2) is 60.8 Å². The van der Waals surface area contributed by atoms with Crippen molar-refractivity contribution in [1.29, 1.82) is 0 Å². The van der Waals surface area contributed by atoms with Gasteiger partial charge in [-0.15, -0.1) is 0 Å². The maximum atomic E-state index is 13.3. The number of fused-ring (bicyclic) bond motifs is 1. The van der Waals surface area contributed by atoms with E-state index in [1.165, 1.54) is 5.56 Å². The zero-order chi connectivity index (χ0) is 23.5. The summed E-state index contributed by atoms with van der Waals surface area (Å²) in [6.07, 6.45) is 1.67. The smallest absolute Gasteiger partial charge is 0.256 e. The molecule has 0 fully saturated rings. The summed E-state index contributed by atoms with van der Waals surface area (Å²) < 4.78 is 1.80. The third kappa shape index (κ3) is 4.92. The highest BCUT2D eigenvalue weighted by Gasteiger charge is 2.19. The lowest BCUT2D eigenvalue weighted by atomic mass is 10.1. The number of carbonyl (C=O) groups is 2. The molecule has 0 saturated heterocycles. The largest absolute Gasteiger partial charge is 0.350 e. The number of nitrogens with one attached hydrogen (secondary N) is 2. The molecule has 0 aliphatic rings. The average Bonchev–Trinajstić information content (AvgIpc) is 3.17. The van der Waals surface area contributed by atoms with E-state index >= 15 is 0 Å². The Morgan fingerprint density at radius 2 is 1.70 bits per heavy atom. The standard InChI is InChI=1S/C26H27N5O2/c1-16(2)28-25(32)20-7-5-6-8-23(20)30-26(33)21-13-18(4)29-24-22(21)14-27-31(24)15-19-11-9-17(3)10-12-19/h5-14,16H,15H2,1-4H3,(H,28,32)(H,30,33). The van der Waals surface area contributed by atoms with Crippen LogP contribution in [0.2, 0.25) is 0 Å². The fraction of sp³-hybridized carbons (Fsp3) is 0.231. The number of nitrogens with zero attached hydrogens (tertiary/aromatic N) is 3. The lowest BCUT2D eigenvalue weighted by Crippen LogP contribution is -2.31. The highest BCUT2D eigenvalue weighted by Crippen LogP contribution is 2.22. The number of amides is 2. The second-order valence-electron chi connectivity index (χ2n) is 8.46.